The Balaban J connectivity index is 4.24. The molecule has 96 valence electrons. The number of aliphatic hydroxyl groups is 1. The van der Waals surface area contributed by atoms with E-state index in [1.54, 1.807) is 6.92 Å². The second kappa shape index (κ2) is 6.73. The molecule has 0 aromatic rings. The highest BCUT2D eigenvalue weighted by atomic mass is 19.4. The lowest BCUT2D eigenvalue weighted by molar-refractivity contribution is -0.161. The summed E-state index contributed by atoms with van der Waals surface area (Å²) in [6, 6.07) is 0. The highest BCUT2D eigenvalue weighted by molar-refractivity contribution is 5.76. The molecule has 0 radical (unpaired) electrons. The van der Waals surface area contributed by atoms with Crippen molar-refractivity contribution in [1.82, 2.24) is 4.90 Å². The zero-order chi connectivity index (χ0) is 12.8. The van der Waals surface area contributed by atoms with Gasteiger partial charge in [0.25, 0.3) is 0 Å². The minimum atomic E-state index is -4.37. The molecule has 0 aliphatic carbocycles. The van der Waals surface area contributed by atoms with Crippen molar-refractivity contribution in [2.75, 3.05) is 13.1 Å². The van der Waals surface area contributed by atoms with Gasteiger partial charge in [-0.1, -0.05) is 6.92 Å². The lowest BCUT2D eigenvalue weighted by Crippen LogP contribution is -2.39. The zero-order valence-electron chi connectivity index (χ0n) is 9.55. The summed E-state index contributed by atoms with van der Waals surface area (Å²) in [5, 5.41) is 8.95. The van der Waals surface area contributed by atoms with Gasteiger partial charge in [-0.25, -0.2) is 0 Å². The zero-order valence-corrected chi connectivity index (χ0v) is 9.55. The number of hydrogen-bond acceptors (Lipinski definition) is 2. The van der Waals surface area contributed by atoms with Crippen LogP contribution in [0.15, 0.2) is 0 Å². The van der Waals surface area contributed by atoms with E-state index in [0.717, 1.165) is 4.90 Å². The number of nitrogens with zero attached hydrogens (tertiary/aromatic N) is 1. The first-order chi connectivity index (χ1) is 7.26. The van der Waals surface area contributed by atoms with Gasteiger partial charge < -0.3 is 10.0 Å². The first-order valence-electron chi connectivity index (χ1n) is 5.29. The molecule has 6 heteroatoms. The van der Waals surface area contributed by atoms with Crippen LogP contribution in [-0.4, -0.2) is 41.3 Å². The number of amides is 1. The molecule has 1 atom stereocenters. The van der Waals surface area contributed by atoms with Crippen LogP contribution in [-0.2, 0) is 4.79 Å². The second-order valence-corrected chi connectivity index (χ2v) is 3.82. The molecule has 0 rings (SSSR count). The summed E-state index contributed by atoms with van der Waals surface area (Å²) in [5.74, 6) is -0.555. The molecule has 0 aromatic heterocycles. The molecule has 0 aliphatic heterocycles. The lowest BCUT2D eigenvalue weighted by Gasteiger charge is -2.23. The summed E-state index contributed by atoms with van der Waals surface area (Å²) in [6.07, 6.45) is -4.41. The Morgan fingerprint density at radius 1 is 1.44 bits per heavy atom. The van der Waals surface area contributed by atoms with Crippen molar-refractivity contribution in [3.63, 3.8) is 0 Å². The summed E-state index contributed by atoms with van der Waals surface area (Å²) in [6.45, 7) is 2.10. The first-order valence-corrected chi connectivity index (χ1v) is 5.29. The van der Waals surface area contributed by atoms with Crippen LogP contribution in [0, 0.1) is 0 Å². The smallest absolute Gasteiger partial charge is 0.393 e. The van der Waals surface area contributed by atoms with Crippen molar-refractivity contribution >= 4 is 5.91 Å². The molecule has 0 aliphatic rings. The Morgan fingerprint density at radius 2 is 2.00 bits per heavy atom. The van der Waals surface area contributed by atoms with Gasteiger partial charge in [-0.3, -0.25) is 4.79 Å². The van der Waals surface area contributed by atoms with Gasteiger partial charge in [0.1, 0.15) is 6.54 Å². The van der Waals surface area contributed by atoms with Gasteiger partial charge in [0, 0.05) is 13.0 Å². The van der Waals surface area contributed by atoms with Gasteiger partial charge >= 0.3 is 6.18 Å². The van der Waals surface area contributed by atoms with E-state index in [4.69, 9.17) is 5.11 Å². The number of rotatable bonds is 6. The normalized spacial score (nSPS) is 13.6. The van der Waals surface area contributed by atoms with Crippen molar-refractivity contribution in [1.29, 1.82) is 0 Å². The minimum absolute atomic E-state index is 0.0479. The van der Waals surface area contributed by atoms with E-state index in [9.17, 15) is 18.0 Å². The third-order valence-electron chi connectivity index (χ3n) is 1.99. The maximum Gasteiger partial charge on any atom is 0.406 e. The largest absolute Gasteiger partial charge is 0.406 e. The summed E-state index contributed by atoms with van der Waals surface area (Å²) >= 11 is 0. The van der Waals surface area contributed by atoms with Crippen LogP contribution in [0.3, 0.4) is 0 Å². The molecule has 3 nitrogen and oxygen atoms in total. The van der Waals surface area contributed by atoms with E-state index in [-0.39, 0.29) is 19.4 Å². The first kappa shape index (κ1) is 15.2. The third kappa shape index (κ3) is 7.50. The number of carbonyl (C=O) groups is 1. The molecule has 1 amide bonds. The maximum absolute atomic E-state index is 12.1. The van der Waals surface area contributed by atoms with Crippen LogP contribution in [0.2, 0.25) is 0 Å². The van der Waals surface area contributed by atoms with Crippen LogP contribution in [0.5, 0.6) is 0 Å². The van der Waals surface area contributed by atoms with Crippen LogP contribution in [0.25, 0.3) is 0 Å². The molecular formula is C10H18F3NO2. The highest BCUT2D eigenvalue weighted by Crippen LogP contribution is 2.17. The topological polar surface area (TPSA) is 40.5 Å². The number of hydrogen-bond donors (Lipinski definition) is 1. The molecule has 0 bridgehead atoms. The summed E-state index contributed by atoms with van der Waals surface area (Å²) < 4.78 is 36.4. The predicted octanol–water partition coefficient (Wildman–Crippen LogP) is 1.95. The fraction of sp³-hybridized carbons (Fsp3) is 0.900. The van der Waals surface area contributed by atoms with Crippen molar-refractivity contribution in [3.8, 4) is 0 Å². The fourth-order valence-corrected chi connectivity index (χ4v) is 1.27. The van der Waals surface area contributed by atoms with Gasteiger partial charge in [-0.2, -0.15) is 13.2 Å². The number of carbonyl (C=O) groups excluding carboxylic acids is 1. The molecule has 0 aromatic carbocycles. The average molecular weight is 241 g/mol. The molecule has 0 saturated carbocycles. The van der Waals surface area contributed by atoms with Gasteiger partial charge in [0.2, 0.25) is 5.91 Å². The number of halogens is 3. The Kier molecular flexibility index (Phi) is 6.40. The van der Waals surface area contributed by atoms with Crippen molar-refractivity contribution < 1.29 is 23.1 Å². The van der Waals surface area contributed by atoms with Gasteiger partial charge in [0.05, 0.1) is 6.10 Å². The van der Waals surface area contributed by atoms with E-state index in [0.29, 0.717) is 6.42 Å². The summed E-state index contributed by atoms with van der Waals surface area (Å²) in [5.41, 5.74) is 0. The molecule has 1 unspecified atom stereocenters. The molecular weight excluding hydrogens is 223 g/mol. The molecule has 16 heavy (non-hydrogen) atoms. The SMILES string of the molecule is CCCN(CC(F)(F)F)C(=O)CCC(C)O. The average Bonchev–Trinajstić information content (AvgIpc) is 2.11. The second-order valence-electron chi connectivity index (χ2n) is 3.82. The summed E-state index contributed by atoms with van der Waals surface area (Å²) in [4.78, 5) is 12.2. The van der Waals surface area contributed by atoms with Gasteiger partial charge in [-0.15, -0.1) is 0 Å². The number of aliphatic hydroxyl groups excluding tert-OH is 1. The summed E-state index contributed by atoms with van der Waals surface area (Å²) in [7, 11) is 0. The van der Waals surface area contributed by atoms with Crippen LogP contribution in [0.1, 0.15) is 33.1 Å². The maximum atomic E-state index is 12.1. The van der Waals surface area contributed by atoms with Crippen molar-refractivity contribution in [2.45, 2.75) is 45.4 Å². The van der Waals surface area contributed by atoms with Crippen molar-refractivity contribution in [2.24, 2.45) is 0 Å². The van der Waals surface area contributed by atoms with E-state index in [1.165, 1.54) is 6.92 Å². The molecule has 0 saturated heterocycles. The van der Waals surface area contributed by atoms with Gasteiger partial charge in [0.15, 0.2) is 0 Å². The Bertz CT molecular complexity index is 217. The van der Waals surface area contributed by atoms with Gasteiger partial charge in [-0.05, 0) is 19.8 Å². The monoisotopic (exact) mass is 241 g/mol. The highest BCUT2D eigenvalue weighted by Gasteiger charge is 2.32. The van der Waals surface area contributed by atoms with Crippen molar-refractivity contribution in [3.05, 3.63) is 0 Å². The molecule has 0 heterocycles. The quantitative estimate of drug-likeness (QED) is 0.772. The molecule has 0 fully saturated rings. The lowest BCUT2D eigenvalue weighted by atomic mass is 10.2. The van der Waals surface area contributed by atoms with E-state index in [2.05, 4.69) is 0 Å². The Morgan fingerprint density at radius 3 is 2.38 bits per heavy atom. The van der Waals surface area contributed by atoms with Crippen LogP contribution in [0.4, 0.5) is 13.2 Å². The van der Waals surface area contributed by atoms with E-state index in [1.807, 2.05) is 0 Å². The number of alkyl halides is 3. The van der Waals surface area contributed by atoms with Crippen LogP contribution < -0.4 is 0 Å². The Labute approximate surface area is 93.2 Å². The van der Waals surface area contributed by atoms with E-state index >= 15 is 0 Å². The fourth-order valence-electron chi connectivity index (χ4n) is 1.27. The minimum Gasteiger partial charge on any atom is -0.393 e. The molecule has 0 spiro atoms. The third-order valence-corrected chi connectivity index (χ3v) is 1.99. The molecule has 1 N–H and O–H groups in total. The standard InChI is InChI=1S/C10H18F3NO2/c1-3-6-14(7-10(11,12)13)9(16)5-4-8(2)15/h8,15H,3-7H2,1-2H3. The Hall–Kier alpha value is -0.780. The van der Waals surface area contributed by atoms with E-state index < -0.39 is 24.7 Å². The van der Waals surface area contributed by atoms with Crippen LogP contribution >= 0.6 is 0 Å². The predicted molar refractivity (Wildman–Crippen MR) is 53.8 cm³/mol.